The monoisotopic (exact) mass is 271 g/mol. The maximum Gasteiger partial charge on any atom is 0.424 e. The van der Waals surface area contributed by atoms with E-state index >= 15 is 0 Å². The van der Waals surface area contributed by atoms with Crippen LogP contribution in [0.25, 0.3) is 0 Å². The van der Waals surface area contributed by atoms with Crippen molar-refractivity contribution in [3.05, 3.63) is 35.9 Å². The topological polar surface area (TPSA) is 66.8 Å². The van der Waals surface area contributed by atoms with Crippen LogP contribution in [0, 0.1) is 0 Å². The molecule has 0 radical (unpaired) electrons. The van der Waals surface area contributed by atoms with Crippen molar-refractivity contribution in [2.75, 3.05) is 0 Å². The number of carbonyl (C=O) groups excluding carboxylic acids is 1. The molecule has 0 heterocycles. The average molecular weight is 271 g/mol. The first kappa shape index (κ1) is 14.7. The maximum absolute atomic E-state index is 11.8. The van der Waals surface area contributed by atoms with E-state index in [0.29, 0.717) is 0 Å². The molecular formula is C12H17NO4S. The summed E-state index contributed by atoms with van der Waals surface area (Å²) in [6.45, 7) is 5.13. The van der Waals surface area contributed by atoms with Crippen LogP contribution in [0.4, 0.5) is 4.79 Å². The van der Waals surface area contributed by atoms with Crippen molar-refractivity contribution in [2.45, 2.75) is 32.9 Å². The minimum atomic E-state index is -2.41. The van der Waals surface area contributed by atoms with Gasteiger partial charge in [-0.1, -0.05) is 30.3 Å². The molecule has 0 aliphatic rings. The van der Waals surface area contributed by atoms with Crippen molar-refractivity contribution in [1.82, 2.24) is 4.31 Å². The molecule has 0 aliphatic heterocycles. The fourth-order valence-electron chi connectivity index (χ4n) is 1.25. The van der Waals surface area contributed by atoms with Crippen LogP contribution in [0.2, 0.25) is 0 Å². The van der Waals surface area contributed by atoms with Gasteiger partial charge in [-0.15, -0.1) is 0 Å². The standard InChI is InChI=1S/C12H17NO4S/c1-12(2,3)17-11(14)13(18(15)16)9-10-7-5-4-6-8-10/h4-8H,9H2,1-3H3,(H,15,16). The Balaban J connectivity index is 2.78. The third-order valence-electron chi connectivity index (χ3n) is 1.95. The molecule has 0 saturated heterocycles. The largest absolute Gasteiger partial charge is 0.443 e. The molecule has 0 bridgehead atoms. The van der Waals surface area contributed by atoms with Crippen LogP contribution in [0.1, 0.15) is 26.3 Å². The molecule has 1 rings (SSSR count). The Kier molecular flexibility index (Phi) is 4.86. The van der Waals surface area contributed by atoms with E-state index in [0.717, 1.165) is 9.87 Å². The van der Waals surface area contributed by atoms with Gasteiger partial charge in [0.1, 0.15) is 5.60 Å². The van der Waals surface area contributed by atoms with E-state index in [1.807, 2.05) is 6.07 Å². The number of benzene rings is 1. The molecule has 1 atom stereocenters. The Bertz CT molecular complexity index is 427. The third-order valence-corrected chi connectivity index (χ3v) is 2.61. The van der Waals surface area contributed by atoms with Crippen LogP contribution in [-0.4, -0.2) is 24.8 Å². The lowest BCUT2D eigenvalue weighted by Gasteiger charge is -2.24. The molecule has 5 nitrogen and oxygen atoms in total. The number of hydrogen-bond acceptors (Lipinski definition) is 3. The normalized spacial score (nSPS) is 12.9. The molecule has 1 N–H and O–H groups in total. The summed E-state index contributed by atoms with van der Waals surface area (Å²) in [5.74, 6) is 0. The van der Waals surface area contributed by atoms with Gasteiger partial charge in [-0.2, -0.15) is 4.31 Å². The van der Waals surface area contributed by atoms with Crippen molar-refractivity contribution < 1.29 is 18.3 Å². The molecule has 6 heteroatoms. The zero-order chi connectivity index (χ0) is 13.8. The summed E-state index contributed by atoms with van der Waals surface area (Å²) in [7, 11) is 0. The van der Waals surface area contributed by atoms with Gasteiger partial charge in [0.2, 0.25) is 0 Å². The zero-order valence-corrected chi connectivity index (χ0v) is 11.4. The summed E-state index contributed by atoms with van der Waals surface area (Å²) in [4.78, 5) is 11.8. The molecule has 0 aromatic heterocycles. The smallest absolute Gasteiger partial charge is 0.424 e. The molecule has 0 spiro atoms. The highest BCUT2D eigenvalue weighted by Crippen LogP contribution is 2.13. The fraction of sp³-hybridized carbons (Fsp3) is 0.417. The molecule has 1 aromatic carbocycles. The highest BCUT2D eigenvalue weighted by Gasteiger charge is 2.25. The zero-order valence-electron chi connectivity index (χ0n) is 10.6. The predicted octanol–water partition coefficient (Wildman–Crippen LogP) is 2.56. The van der Waals surface area contributed by atoms with E-state index in [9.17, 15) is 9.00 Å². The first-order valence-electron chi connectivity index (χ1n) is 5.45. The fourth-order valence-corrected chi connectivity index (χ4v) is 1.67. The van der Waals surface area contributed by atoms with E-state index in [1.165, 1.54) is 0 Å². The van der Waals surface area contributed by atoms with E-state index in [4.69, 9.17) is 9.29 Å². The second-order valence-electron chi connectivity index (χ2n) is 4.73. The van der Waals surface area contributed by atoms with Crippen LogP contribution >= 0.6 is 0 Å². The molecule has 0 saturated carbocycles. The van der Waals surface area contributed by atoms with Gasteiger partial charge in [0, 0.05) is 0 Å². The van der Waals surface area contributed by atoms with Crippen LogP contribution < -0.4 is 0 Å². The van der Waals surface area contributed by atoms with Crippen LogP contribution in [0.3, 0.4) is 0 Å². The third kappa shape index (κ3) is 4.85. The Morgan fingerprint density at radius 3 is 2.33 bits per heavy atom. The number of rotatable bonds is 3. The first-order chi connectivity index (χ1) is 8.29. The van der Waals surface area contributed by atoms with Crippen molar-refractivity contribution in [3.63, 3.8) is 0 Å². The van der Waals surface area contributed by atoms with E-state index < -0.39 is 23.0 Å². The number of hydrogen-bond donors (Lipinski definition) is 1. The maximum atomic E-state index is 11.8. The van der Waals surface area contributed by atoms with Crippen LogP contribution in [-0.2, 0) is 22.5 Å². The van der Waals surface area contributed by atoms with Gasteiger partial charge in [-0.05, 0) is 26.3 Å². The second kappa shape index (κ2) is 5.97. The van der Waals surface area contributed by atoms with Crippen molar-refractivity contribution in [1.29, 1.82) is 0 Å². The Labute approximate surface area is 109 Å². The van der Waals surface area contributed by atoms with Crippen molar-refractivity contribution in [3.8, 4) is 0 Å². The van der Waals surface area contributed by atoms with Crippen molar-refractivity contribution >= 4 is 17.4 Å². The molecule has 0 aliphatic carbocycles. The van der Waals surface area contributed by atoms with Gasteiger partial charge in [-0.3, -0.25) is 4.55 Å². The van der Waals surface area contributed by atoms with Crippen LogP contribution in [0.5, 0.6) is 0 Å². The second-order valence-corrected chi connectivity index (χ2v) is 5.64. The highest BCUT2D eigenvalue weighted by atomic mass is 32.2. The molecule has 100 valence electrons. The lowest BCUT2D eigenvalue weighted by atomic mass is 10.2. The van der Waals surface area contributed by atoms with Gasteiger partial charge in [-0.25, -0.2) is 9.00 Å². The quantitative estimate of drug-likeness (QED) is 0.858. The molecule has 1 amide bonds. The van der Waals surface area contributed by atoms with Gasteiger partial charge >= 0.3 is 6.09 Å². The van der Waals surface area contributed by atoms with E-state index in [-0.39, 0.29) is 6.54 Å². The number of ether oxygens (including phenoxy) is 1. The van der Waals surface area contributed by atoms with Crippen LogP contribution in [0.15, 0.2) is 30.3 Å². The van der Waals surface area contributed by atoms with Gasteiger partial charge in [0.15, 0.2) is 0 Å². The summed E-state index contributed by atoms with van der Waals surface area (Å²) >= 11 is -2.41. The molecule has 18 heavy (non-hydrogen) atoms. The first-order valence-corrected chi connectivity index (χ1v) is 6.51. The number of carbonyl (C=O) groups is 1. The summed E-state index contributed by atoms with van der Waals surface area (Å²) in [5, 5.41) is 0. The number of amides is 1. The van der Waals surface area contributed by atoms with Gasteiger partial charge in [0.05, 0.1) is 6.54 Å². The molecule has 1 aromatic rings. The molecule has 1 unspecified atom stereocenters. The van der Waals surface area contributed by atoms with E-state index in [1.54, 1.807) is 45.0 Å². The Hall–Kier alpha value is -1.40. The Morgan fingerprint density at radius 1 is 1.33 bits per heavy atom. The van der Waals surface area contributed by atoms with Gasteiger partial charge in [0.25, 0.3) is 11.3 Å². The molecular weight excluding hydrogens is 254 g/mol. The molecule has 0 fully saturated rings. The van der Waals surface area contributed by atoms with Crippen molar-refractivity contribution in [2.24, 2.45) is 0 Å². The minimum Gasteiger partial charge on any atom is -0.443 e. The summed E-state index contributed by atoms with van der Waals surface area (Å²) in [5.41, 5.74) is 0.0523. The lowest BCUT2D eigenvalue weighted by Crippen LogP contribution is -2.37. The summed E-state index contributed by atoms with van der Waals surface area (Å²) in [6, 6.07) is 8.96. The summed E-state index contributed by atoms with van der Waals surface area (Å²) < 4.78 is 26.1. The number of nitrogens with zero attached hydrogens (tertiary/aromatic N) is 1. The summed E-state index contributed by atoms with van der Waals surface area (Å²) in [6.07, 6.45) is -0.813. The minimum absolute atomic E-state index is 0.0267. The predicted molar refractivity (Wildman–Crippen MR) is 69.0 cm³/mol. The highest BCUT2D eigenvalue weighted by molar-refractivity contribution is 7.77. The average Bonchev–Trinajstić information content (AvgIpc) is 2.24. The lowest BCUT2D eigenvalue weighted by molar-refractivity contribution is 0.0379. The SMILES string of the molecule is CC(C)(C)OC(=O)N(Cc1ccccc1)S(=O)O. The van der Waals surface area contributed by atoms with Gasteiger partial charge < -0.3 is 4.74 Å². The van der Waals surface area contributed by atoms with E-state index in [2.05, 4.69) is 0 Å². The Morgan fingerprint density at radius 2 is 1.89 bits per heavy atom.